The van der Waals surface area contributed by atoms with Gasteiger partial charge in [0.25, 0.3) is 0 Å². The monoisotopic (exact) mass is 463 g/mol. The molecule has 0 amide bonds. The first-order valence-corrected chi connectivity index (χ1v) is 8.92. The van der Waals surface area contributed by atoms with E-state index >= 15 is 0 Å². The van der Waals surface area contributed by atoms with E-state index in [0.717, 1.165) is 30.4 Å². The summed E-state index contributed by atoms with van der Waals surface area (Å²) in [6.07, 6.45) is 6.99. The molecule has 0 saturated carbocycles. The Balaban J connectivity index is 0.00000288. The Kier molecular flexibility index (Phi) is 9.77. The molecule has 0 unspecified atom stereocenters. The summed E-state index contributed by atoms with van der Waals surface area (Å²) in [5.41, 5.74) is 1.31. The zero-order valence-electron chi connectivity index (χ0n) is 13.8. The van der Waals surface area contributed by atoms with Crippen LogP contribution in [0.25, 0.3) is 5.69 Å². The number of aliphatic imine (C=N–C) groups is 1. The third-order valence-electron chi connectivity index (χ3n) is 3.16. The summed E-state index contributed by atoms with van der Waals surface area (Å²) in [5.74, 6) is 1.48. The fourth-order valence-electron chi connectivity index (χ4n) is 2.04. The molecular weight excluding hydrogens is 440 g/mol. The second kappa shape index (κ2) is 11.3. The molecule has 1 aromatic heterocycles. The van der Waals surface area contributed by atoms with Gasteiger partial charge in [-0.2, -0.15) is 11.8 Å². The Morgan fingerprint density at radius 3 is 2.83 bits per heavy atom. The number of benzene rings is 1. The first kappa shape index (κ1) is 20.8. The highest BCUT2D eigenvalue weighted by Crippen LogP contribution is 2.15. The zero-order chi connectivity index (χ0) is 16.5. The van der Waals surface area contributed by atoms with Gasteiger partial charge in [0, 0.05) is 31.2 Å². The summed E-state index contributed by atoms with van der Waals surface area (Å²) < 4.78 is 15.9. The van der Waals surface area contributed by atoms with E-state index in [1.165, 1.54) is 6.07 Å². The van der Waals surface area contributed by atoms with E-state index in [2.05, 4.69) is 26.9 Å². The lowest BCUT2D eigenvalue weighted by atomic mass is 10.2. The summed E-state index contributed by atoms with van der Waals surface area (Å²) >= 11 is 1.78. The van der Waals surface area contributed by atoms with Gasteiger partial charge in [-0.3, -0.25) is 0 Å². The lowest BCUT2D eigenvalue weighted by Crippen LogP contribution is -2.38. The van der Waals surface area contributed by atoms with Crippen LogP contribution in [0.15, 0.2) is 41.9 Å². The maximum absolute atomic E-state index is 14.2. The summed E-state index contributed by atoms with van der Waals surface area (Å²) in [4.78, 5) is 8.42. The molecule has 2 rings (SSSR count). The van der Waals surface area contributed by atoms with E-state index in [-0.39, 0.29) is 29.8 Å². The molecular formula is C16H23FIN5S. The predicted octanol–water partition coefficient (Wildman–Crippen LogP) is 3.05. The molecule has 0 aliphatic rings. The van der Waals surface area contributed by atoms with Crippen molar-refractivity contribution in [2.24, 2.45) is 4.99 Å². The Bertz CT molecular complexity index is 633. The van der Waals surface area contributed by atoms with Crippen LogP contribution in [0.2, 0.25) is 0 Å². The van der Waals surface area contributed by atoms with Gasteiger partial charge in [0.05, 0.1) is 18.6 Å². The molecule has 24 heavy (non-hydrogen) atoms. The number of guanidine groups is 1. The van der Waals surface area contributed by atoms with Crippen molar-refractivity contribution >= 4 is 41.7 Å². The van der Waals surface area contributed by atoms with Crippen LogP contribution in [0.5, 0.6) is 0 Å². The van der Waals surface area contributed by atoms with Gasteiger partial charge in [-0.1, -0.05) is 6.07 Å². The SMILES string of the molecule is CCNC(=NCc1ccc(-n2ccnc2)c(F)c1)NCCSC.I. The largest absolute Gasteiger partial charge is 0.357 e. The zero-order valence-corrected chi connectivity index (χ0v) is 17.0. The second-order valence-electron chi connectivity index (χ2n) is 4.87. The predicted molar refractivity (Wildman–Crippen MR) is 110 cm³/mol. The maximum atomic E-state index is 14.2. The van der Waals surface area contributed by atoms with Gasteiger partial charge in [0.2, 0.25) is 0 Å². The molecule has 0 saturated heterocycles. The van der Waals surface area contributed by atoms with E-state index in [1.54, 1.807) is 41.1 Å². The number of imidazole rings is 1. The highest BCUT2D eigenvalue weighted by Gasteiger charge is 2.05. The van der Waals surface area contributed by atoms with Crippen LogP contribution in [0.3, 0.4) is 0 Å². The highest BCUT2D eigenvalue weighted by atomic mass is 127. The minimum Gasteiger partial charge on any atom is -0.357 e. The van der Waals surface area contributed by atoms with E-state index in [9.17, 15) is 4.39 Å². The molecule has 1 heterocycles. The fourth-order valence-corrected chi connectivity index (χ4v) is 2.35. The van der Waals surface area contributed by atoms with Crippen LogP contribution in [0.1, 0.15) is 12.5 Å². The van der Waals surface area contributed by atoms with Crippen LogP contribution in [0.4, 0.5) is 4.39 Å². The highest BCUT2D eigenvalue weighted by molar-refractivity contribution is 14.0. The molecule has 5 nitrogen and oxygen atoms in total. The van der Waals surface area contributed by atoms with Gasteiger partial charge in [-0.25, -0.2) is 14.4 Å². The quantitative estimate of drug-likeness (QED) is 0.287. The molecule has 0 spiro atoms. The number of nitrogens with one attached hydrogen (secondary N) is 2. The number of halogens is 2. The van der Waals surface area contributed by atoms with Crippen molar-refractivity contribution in [2.45, 2.75) is 13.5 Å². The lowest BCUT2D eigenvalue weighted by molar-refractivity contribution is 0.615. The van der Waals surface area contributed by atoms with Crippen LogP contribution >= 0.6 is 35.7 Å². The molecule has 8 heteroatoms. The van der Waals surface area contributed by atoms with Gasteiger partial charge in [-0.05, 0) is 30.9 Å². The van der Waals surface area contributed by atoms with Gasteiger partial charge in [0.1, 0.15) is 5.82 Å². The molecule has 2 aromatic rings. The van der Waals surface area contributed by atoms with Crippen molar-refractivity contribution in [1.82, 2.24) is 20.2 Å². The molecule has 132 valence electrons. The number of nitrogens with zero attached hydrogens (tertiary/aromatic N) is 3. The number of aromatic nitrogens is 2. The topological polar surface area (TPSA) is 54.2 Å². The number of hydrogen-bond donors (Lipinski definition) is 2. The molecule has 0 aliphatic carbocycles. The molecule has 0 aliphatic heterocycles. The van der Waals surface area contributed by atoms with Gasteiger partial charge in [0.15, 0.2) is 5.96 Å². The average molecular weight is 463 g/mol. The van der Waals surface area contributed by atoms with Crippen LogP contribution < -0.4 is 10.6 Å². The van der Waals surface area contributed by atoms with Crippen LogP contribution in [-0.2, 0) is 6.54 Å². The van der Waals surface area contributed by atoms with Crippen molar-refractivity contribution in [3.8, 4) is 5.69 Å². The van der Waals surface area contributed by atoms with E-state index in [4.69, 9.17) is 0 Å². The van der Waals surface area contributed by atoms with Crippen molar-refractivity contribution in [1.29, 1.82) is 0 Å². The van der Waals surface area contributed by atoms with Crippen molar-refractivity contribution in [2.75, 3.05) is 25.1 Å². The van der Waals surface area contributed by atoms with Crippen molar-refractivity contribution in [3.05, 3.63) is 48.3 Å². The standard InChI is InChI=1S/C16H22FN5S.HI/c1-3-19-16(20-7-9-23-2)21-11-13-4-5-15(14(17)10-13)22-8-6-18-12-22;/h4-6,8,10,12H,3,7,9,11H2,1-2H3,(H2,19,20,21);1H. The number of rotatable bonds is 7. The average Bonchev–Trinajstić information content (AvgIpc) is 3.07. The molecule has 0 bridgehead atoms. The van der Waals surface area contributed by atoms with E-state index < -0.39 is 0 Å². The van der Waals surface area contributed by atoms with Crippen molar-refractivity contribution in [3.63, 3.8) is 0 Å². The van der Waals surface area contributed by atoms with E-state index in [1.807, 2.05) is 13.0 Å². The molecule has 2 N–H and O–H groups in total. The molecule has 1 aromatic carbocycles. The summed E-state index contributed by atoms with van der Waals surface area (Å²) in [5, 5.41) is 6.44. The Labute approximate surface area is 163 Å². The maximum Gasteiger partial charge on any atom is 0.191 e. The van der Waals surface area contributed by atoms with E-state index in [0.29, 0.717) is 12.2 Å². The third-order valence-corrected chi connectivity index (χ3v) is 3.77. The lowest BCUT2D eigenvalue weighted by Gasteiger charge is -2.11. The normalized spacial score (nSPS) is 11.0. The van der Waals surface area contributed by atoms with Crippen molar-refractivity contribution < 1.29 is 4.39 Å². The first-order chi connectivity index (χ1) is 11.2. The Morgan fingerprint density at radius 2 is 2.21 bits per heavy atom. The fraction of sp³-hybridized carbons (Fsp3) is 0.375. The van der Waals surface area contributed by atoms with Gasteiger partial charge < -0.3 is 15.2 Å². The number of thioether (sulfide) groups is 1. The molecule has 0 radical (unpaired) electrons. The summed E-state index contributed by atoms with van der Waals surface area (Å²) in [6, 6.07) is 5.15. The van der Waals surface area contributed by atoms with Crippen LogP contribution in [-0.4, -0.2) is 40.6 Å². The summed E-state index contributed by atoms with van der Waals surface area (Å²) in [6.45, 7) is 4.08. The minimum atomic E-state index is -0.281. The smallest absolute Gasteiger partial charge is 0.191 e. The van der Waals surface area contributed by atoms with Gasteiger partial charge >= 0.3 is 0 Å². The Morgan fingerprint density at radius 1 is 1.38 bits per heavy atom. The first-order valence-electron chi connectivity index (χ1n) is 7.52. The summed E-state index contributed by atoms with van der Waals surface area (Å²) in [7, 11) is 0. The third kappa shape index (κ3) is 6.31. The second-order valence-corrected chi connectivity index (χ2v) is 5.86. The van der Waals surface area contributed by atoms with Crippen LogP contribution in [0, 0.1) is 5.82 Å². The molecule has 0 atom stereocenters. The number of hydrogen-bond acceptors (Lipinski definition) is 3. The molecule has 0 fully saturated rings. The van der Waals surface area contributed by atoms with Gasteiger partial charge in [-0.15, -0.1) is 24.0 Å². The Hall–Kier alpha value is -1.29. The minimum absolute atomic E-state index is 0.